The molecule has 2 nitrogen and oxygen atoms in total. The van der Waals surface area contributed by atoms with Gasteiger partial charge < -0.3 is 9.69 Å². The average Bonchev–Trinajstić information content (AvgIpc) is 2.27. The summed E-state index contributed by atoms with van der Waals surface area (Å²) < 4.78 is 0. The van der Waals surface area contributed by atoms with Gasteiger partial charge in [-0.2, -0.15) is 0 Å². The average molecular weight is 195 g/mol. The summed E-state index contributed by atoms with van der Waals surface area (Å²) in [7, 11) is 0. The largest absolute Gasteiger partial charge is 0.303 e. The molecule has 1 aliphatic rings. The predicted molar refractivity (Wildman–Crippen MR) is 59.3 cm³/mol. The molecule has 0 bridgehead atoms. The van der Waals surface area contributed by atoms with Gasteiger partial charge in [0.2, 0.25) is 0 Å². The lowest BCUT2D eigenvalue weighted by Crippen LogP contribution is -2.39. The first-order valence-electron chi connectivity index (χ1n) is 5.60. The summed E-state index contributed by atoms with van der Waals surface area (Å²) in [5.74, 6) is 0. The van der Waals surface area contributed by atoms with E-state index in [0.29, 0.717) is 0 Å². The summed E-state index contributed by atoms with van der Waals surface area (Å²) in [5.41, 5.74) is -0.0965. The Labute approximate surface area is 87.0 Å². The third-order valence-corrected chi connectivity index (χ3v) is 3.18. The minimum absolute atomic E-state index is 0.0965. The highest BCUT2D eigenvalue weighted by molar-refractivity contribution is 5.60. The van der Waals surface area contributed by atoms with Crippen LogP contribution < -0.4 is 0 Å². The van der Waals surface area contributed by atoms with E-state index in [2.05, 4.69) is 30.9 Å². The Hall–Kier alpha value is -0.630. The molecule has 1 aliphatic carbocycles. The highest BCUT2D eigenvalue weighted by Crippen LogP contribution is 2.31. The van der Waals surface area contributed by atoms with E-state index < -0.39 is 0 Å². The Kier molecular flexibility index (Phi) is 4.33. The molecule has 2 heteroatoms. The fourth-order valence-electron chi connectivity index (χ4n) is 2.09. The maximum atomic E-state index is 11.2. The van der Waals surface area contributed by atoms with Gasteiger partial charge in [0.05, 0.1) is 0 Å². The second-order valence-electron chi connectivity index (χ2n) is 4.16. The van der Waals surface area contributed by atoms with Crippen LogP contribution in [-0.2, 0) is 4.79 Å². The molecule has 0 heterocycles. The van der Waals surface area contributed by atoms with Crippen LogP contribution >= 0.6 is 0 Å². The van der Waals surface area contributed by atoms with Crippen molar-refractivity contribution in [3.05, 3.63) is 12.2 Å². The van der Waals surface area contributed by atoms with Crippen molar-refractivity contribution in [1.29, 1.82) is 0 Å². The number of allylic oxidation sites excluding steroid dienone is 2. The summed E-state index contributed by atoms with van der Waals surface area (Å²) in [6, 6.07) is 0. The number of rotatable bonds is 5. The van der Waals surface area contributed by atoms with E-state index in [-0.39, 0.29) is 5.41 Å². The molecule has 0 radical (unpaired) electrons. The Bertz CT molecular complexity index is 208. The lowest BCUT2D eigenvalue weighted by molar-refractivity contribution is -0.117. The van der Waals surface area contributed by atoms with Crippen molar-refractivity contribution in [1.82, 2.24) is 4.90 Å². The minimum Gasteiger partial charge on any atom is -0.303 e. The number of carbonyl (C=O) groups is 1. The molecule has 80 valence electrons. The molecule has 0 fully saturated rings. The van der Waals surface area contributed by atoms with E-state index in [4.69, 9.17) is 0 Å². The summed E-state index contributed by atoms with van der Waals surface area (Å²) in [4.78, 5) is 13.5. The second kappa shape index (κ2) is 5.30. The number of carbonyl (C=O) groups excluding carboxylic acids is 1. The lowest BCUT2D eigenvalue weighted by Gasteiger charge is -2.34. The van der Waals surface area contributed by atoms with Crippen molar-refractivity contribution in [2.24, 2.45) is 5.41 Å². The molecule has 1 unspecified atom stereocenters. The summed E-state index contributed by atoms with van der Waals surface area (Å²) in [6.07, 6.45) is 8.51. The molecule has 0 amide bonds. The first kappa shape index (κ1) is 11.4. The van der Waals surface area contributed by atoms with E-state index in [1.54, 1.807) is 0 Å². The van der Waals surface area contributed by atoms with Gasteiger partial charge in [0.15, 0.2) is 0 Å². The van der Waals surface area contributed by atoms with Crippen LogP contribution in [0.25, 0.3) is 0 Å². The van der Waals surface area contributed by atoms with Crippen LogP contribution in [0.4, 0.5) is 0 Å². The molecule has 0 aliphatic heterocycles. The highest BCUT2D eigenvalue weighted by Gasteiger charge is 2.31. The van der Waals surface area contributed by atoms with Crippen molar-refractivity contribution in [2.45, 2.75) is 33.1 Å². The third kappa shape index (κ3) is 2.68. The van der Waals surface area contributed by atoms with Crippen molar-refractivity contribution in [3.63, 3.8) is 0 Å². The van der Waals surface area contributed by atoms with Crippen molar-refractivity contribution < 1.29 is 4.79 Å². The first-order valence-corrected chi connectivity index (χ1v) is 5.60. The zero-order chi connectivity index (χ0) is 10.4. The van der Waals surface area contributed by atoms with E-state index in [1.807, 2.05) is 0 Å². The number of aldehydes is 1. The molecule has 14 heavy (non-hydrogen) atoms. The van der Waals surface area contributed by atoms with Gasteiger partial charge in [0, 0.05) is 12.0 Å². The molecule has 0 N–H and O–H groups in total. The van der Waals surface area contributed by atoms with Crippen LogP contribution in [0.5, 0.6) is 0 Å². The zero-order valence-corrected chi connectivity index (χ0v) is 9.33. The summed E-state index contributed by atoms with van der Waals surface area (Å²) in [5, 5.41) is 0. The van der Waals surface area contributed by atoms with Gasteiger partial charge in [-0.3, -0.25) is 0 Å². The second-order valence-corrected chi connectivity index (χ2v) is 4.16. The Morgan fingerprint density at radius 1 is 1.36 bits per heavy atom. The molecule has 0 saturated carbocycles. The zero-order valence-electron chi connectivity index (χ0n) is 9.33. The van der Waals surface area contributed by atoms with Crippen LogP contribution in [0, 0.1) is 5.41 Å². The van der Waals surface area contributed by atoms with Crippen LogP contribution in [0.15, 0.2) is 12.2 Å². The number of hydrogen-bond donors (Lipinski definition) is 0. The molecular formula is C12H21NO. The fourth-order valence-corrected chi connectivity index (χ4v) is 2.09. The van der Waals surface area contributed by atoms with Gasteiger partial charge >= 0.3 is 0 Å². The van der Waals surface area contributed by atoms with Crippen LogP contribution in [-0.4, -0.2) is 30.8 Å². The molecule has 0 aromatic rings. The molecular weight excluding hydrogens is 174 g/mol. The van der Waals surface area contributed by atoms with Gasteiger partial charge in [0.1, 0.15) is 6.29 Å². The van der Waals surface area contributed by atoms with Gasteiger partial charge in [-0.05, 0) is 32.4 Å². The molecule has 0 aromatic carbocycles. The Balaban J connectivity index is 2.60. The van der Waals surface area contributed by atoms with Crippen LogP contribution in [0.2, 0.25) is 0 Å². The monoisotopic (exact) mass is 195 g/mol. The Morgan fingerprint density at radius 3 is 2.50 bits per heavy atom. The molecule has 0 saturated heterocycles. The highest BCUT2D eigenvalue weighted by atomic mass is 16.1. The van der Waals surface area contributed by atoms with E-state index in [9.17, 15) is 4.79 Å². The van der Waals surface area contributed by atoms with Crippen molar-refractivity contribution >= 4 is 6.29 Å². The molecule has 0 spiro atoms. The third-order valence-electron chi connectivity index (χ3n) is 3.18. The maximum Gasteiger partial charge on any atom is 0.127 e. The minimum atomic E-state index is -0.0965. The van der Waals surface area contributed by atoms with E-state index in [1.165, 1.54) is 6.29 Å². The smallest absolute Gasteiger partial charge is 0.127 e. The summed E-state index contributed by atoms with van der Waals surface area (Å²) in [6.45, 7) is 7.31. The number of nitrogens with zero attached hydrogens (tertiary/aromatic N) is 1. The maximum absolute atomic E-state index is 11.2. The van der Waals surface area contributed by atoms with Gasteiger partial charge in [-0.1, -0.05) is 26.0 Å². The summed E-state index contributed by atoms with van der Waals surface area (Å²) >= 11 is 0. The number of hydrogen-bond acceptors (Lipinski definition) is 2. The standard InChI is InChI=1S/C12H21NO/c1-3-13(4-2)10-12(11-14)8-6-5-7-9-12/h5-6,11H,3-4,7-10H2,1-2H3. The van der Waals surface area contributed by atoms with Crippen LogP contribution in [0.1, 0.15) is 33.1 Å². The first-order chi connectivity index (χ1) is 6.76. The lowest BCUT2D eigenvalue weighted by atomic mass is 9.78. The van der Waals surface area contributed by atoms with Gasteiger partial charge in [-0.25, -0.2) is 0 Å². The Morgan fingerprint density at radius 2 is 2.07 bits per heavy atom. The molecule has 1 rings (SSSR count). The quantitative estimate of drug-likeness (QED) is 0.495. The van der Waals surface area contributed by atoms with Crippen molar-refractivity contribution in [2.75, 3.05) is 19.6 Å². The van der Waals surface area contributed by atoms with Gasteiger partial charge in [-0.15, -0.1) is 0 Å². The van der Waals surface area contributed by atoms with Crippen LogP contribution in [0.3, 0.4) is 0 Å². The molecule has 0 aromatic heterocycles. The topological polar surface area (TPSA) is 20.3 Å². The molecule has 1 atom stereocenters. The van der Waals surface area contributed by atoms with Gasteiger partial charge in [0.25, 0.3) is 0 Å². The van der Waals surface area contributed by atoms with E-state index >= 15 is 0 Å². The van der Waals surface area contributed by atoms with Crippen molar-refractivity contribution in [3.8, 4) is 0 Å². The SMILES string of the molecule is CCN(CC)CC1(C=O)CC=CCC1. The predicted octanol–water partition coefficient (Wildman–Crippen LogP) is 2.25. The van der Waals surface area contributed by atoms with E-state index in [0.717, 1.165) is 38.9 Å². The normalized spacial score (nSPS) is 26.8. The fraction of sp³-hybridized carbons (Fsp3) is 0.750.